The first-order valence-electron chi connectivity index (χ1n) is 9.74. The molecule has 11 heteroatoms. The fourth-order valence-corrected chi connectivity index (χ4v) is 2.87. The van der Waals surface area contributed by atoms with Gasteiger partial charge in [-0.05, 0) is 30.5 Å². The number of thiol groups is 1. The summed E-state index contributed by atoms with van der Waals surface area (Å²) in [6.45, 7) is 4.75. The second-order valence-corrected chi connectivity index (χ2v) is 7.90. The van der Waals surface area contributed by atoms with Gasteiger partial charge in [-0.15, -0.1) is 0 Å². The number of carboxylic acids is 1. The van der Waals surface area contributed by atoms with Crippen LogP contribution in [0, 0.1) is 5.92 Å². The number of nitrogens with one attached hydrogen (secondary N) is 3. The molecule has 4 unspecified atom stereocenters. The molecule has 0 heterocycles. The molecule has 0 radical (unpaired) electrons. The summed E-state index contributed by atoms with van der Waals surface area (Å²) >= 11 is 4.08. The van der Waals surface area contributed by atoms with E-state index >= 15 is 0 Å². The summed E-state index contributed by atoms with van der Waals surface area (Å²) in [6, 6.07) is 1.91. The summed E-state index contributed by atoms with van der Waals surface area (Å²) in [6.07, 6.45) is 0.0786. The van der Waals surface area contributed by atoms with Gasteiger partial charge >= 0.3 is 5.97 Å². The number of aliphatic carboxylic acids is 1. The van der Waals surface area contributed by atoms with Gasteiger partial charge in [-0.3, -0.25) is 14.4 Å². The van der Waals surface area contributed by atoms with Crippen molar-refractivity contribution in [3.63, 3.8) is 0 Å². The molecule has 31 heavy (non-hydrogen) atoms. The molecule has 0 spiro atoms. The van der Waals surface area contributed by atoms with Crippen LogP contribution in [0.1, 0.15) is 26.3 Å². The average molecular weight is 455 g/mol. The number of nitrogens with two attached hydrogens (primary N) is 1. The average Bonchev–Trinajstić information content (AvgIpc) is 2.70. The SMILES string of the molecule is CC(N)C(=O)NC(Cc1ccc(O)cc1)C(=O)NC(CS)C(=O)NC(C(=O)O)C(C)C. The molecule has 0 saturated heterocycles. The number of aromatic hydroxyl groups is 1. The van der Waals surface area contributed by atoms with Gasteiger partial charge in [-0.25, -0.2) is 4.79 Å². The van der Waals surface area contributed by atoms with Gasteiger partial charge < -0.3 is 31.9 Å². The van der Waals surface area contributed by atoms with E-state index in [0.717, 1.165) is 0 Å². The molecule has 0 bridgehead atoms. The van der Waals surface area contributed by atoms with Crippen molar-refractivity contribution >= 4 is 36.3 Å². The monoisotopic (exact) mass is 454 g/mol. The van der Waals surface area contributed by atoms with Crippen LogP contribution in [0.2, 0.25) is 0 Å². The fraction of sp³-hybridized carbons (Fsp3) is 0.500. The third-order valence-corrected chi connectivity index (χ3v) is 4.83. The molecule has 1 aromatic rings. The van der Waals surface area contributed by atoms with Crippen molar-refractivity contribution in [3.05, 3.63) is 29.8 Å². The van der Waals surface area contributed by atoms with Gasteiger partial charge in [0.1, 0.15) is 23.9 Å². The molecule has 172 valence electrons. The largest absolute Gasteiger partial charge is 0.508 e. The van der Waals surface area contributed by atoms with E-state index in [1.165, 1.54) is 19.1 Å². The molecule has 4 atom stereocenters. The Balaban J connectivity index is 2.97. The van der Waals surface area contributed by atoms with Gasteiger partial charge in [0.2, 0.25) is 17.7 Å². The Bertz CT molecular complexity index is 784. The van der Waals surface area contributed by atoms with Gasteiger partial charge in [-0.2, -0.15) is 12.6 Å². The third-order valence-electron chi connectivity index (χ3n) is 4.47. The number of carbonyl (C=O) groups is 4. The first kappa shape index (κ1) is 26.2. The highest BCUT2D eigenvalue weighted by Gasteiger charge is 2.30. The quantitative estimate of drug-likeness (QED) is 0.219. The minimum absolute atomic E-state index is 0.0503. The Morgan fingerprint density at radius 2 is 1.45 bits per heavy atom. The van der Waals surface area contributed by atoms with E-state index in [0.29, 0.717) is 5.56 Å². The topological polar surface area (TPSA) is 171 Å². The van der Waals surface area contributed by atoms with Gasteiger partial charge in [0.25, 0.3) is 0 Å². The smallest absolute Gasteiger partial charge is 0.326 e. The molecular formula is C20H30N4O6S. The van der Waals surface area contributed by atoms with Crippen LogP contribution < -0.4 is 21.7 Å². The molecule has 0 fully saturated rings. The van der Waals surface area contributed by atoms with E-state index in [-0.39, 0.29) is 23.8 Å². The number of amides is 3. The van der Waals surface area contributed by atoms with Crippen molar-refractivity contribution < 1.29 is 29.4 Å². The highest BCUT2D eigenvalue weighted by molar-refractivity contribution is 7.80. The first-order chi connectivity index (χ1) is 14.5. The van der Waals surface area contributed by atoms with Crippen molar-refractivity contribution in [2.24, 2.45) is 11.7 Å². The van der Waals surface area contributed by atoms with E-state index < -0.39 is 47.9 Å². The third kappa shape index (κ3) is 8.46. The number of rotatable bonds is 11. The van der Waals surface area contributed by atoms with E-state index in [2.05, 4.69) is 28.6 Å². The Hall–Kier alpha value is -2.79. The second kappa shape index (κ2) is 12.2. The molecule has 7 N–H and O–H groups in total. The minimum Gasteiger partial charge on any atom is -0.508 e. The number of benzene rings is 1. The van der Waals surface area contributed by atoms with Crippen LogP contribution in [0.15, 0.2) is 24.3 Å². The first-order valence-corrected chi connectivity index (χ1v) is 10.4. The lowest BCUT2D eigenvalue weighted by atomic mass is 10.0. The molecule has 1 aromatic carbocycles. The highest BCUT2D eigenvalue weighted by atomic mass is 32.1. The van der Waals surface area contributed by atoms with Crippen molar-refractivity contribution in [2.75, 3.05) is 5.75 Å². The summed E-state index contributed by atoms with van der Waals surface area (Å²) in [4.78, 5) is 48.8. The maximum atomic E-state index is 12.9. The molecule has 0 aliphatic heterocycles. The van der Waals surface area contributed by atoms with Crippen molar-refractivity contribution in [1.82, 2.24) is 16.0 Å². The van der Waals surface area contributed by atoms with Gasteiger partial charge in [0.15, 0.2) is 0 Å². The maximum Gasteiger partial charge on any atom is 0.326 e. The van der Waals surface area contributed by atoms with Crippen LogP contribution in [0.5, 0.6) is 5.75 Å². The van der Waals surface area contributed by atoms with Crippen LogP contribution in [0.4, 0.5) is 0 Å². The number of phenols is 1. The zero-order valence-electron chi connectivity index (χ0n) is 17.7. The maximum absolute atomic E-state index is 12.9. The number of hydrogen-bond donors (Lipinski definition) is 7. The number of hydrogen-bond acceptors (Lipinski definition) is 7. The van der Waals surface area contributed by atoms with Crippen molar-refractivity contribution in [2.45, 2.75) is 51.4 Å². The van der Waals surface area contributed by atoms with Crippen LogP contribution >= 0.6 is 12.6 Å². The normalized spacial score (nSPS) is 14.8. The van der Waals surface area contributed by atoms with E-state index in [9.17, 15) is 29.4 Å². The lowest BCUT2D eigenvalue weighted by molar-refractivity contribution is -0.143. The number of carboxylic acid groups (broad SMARTS) is 1. The summed E-state index contributed by atoms with van der Waals surface area (Å²) in [7, 11) is 0. The Kier molecular flexibility index (Phi) is 10.3. The van der Waals surface area contributed by atoms with E-state index in [1.807, 2.05) is 0 Å². The van der Waals surface area contributed by atoms with Crippen LogP contribution in [0.3, 0.4) is 0 Å². The summed E-state index contributed by atoms with van der Waals surface area (Å²) in [5.41, 5.74) is 6.23. The van der Waals surface area contributed by atoms with Crippen LogP contribution in [-0.2, 0) is 25.6 Å². The van der Waals surface area contributed by atoms with Gasteiger partial charge in [0.05, 0.1) is 6.04 Å². The van der Waals surface area contributed by atoms with Crippen molar-refractivity contribution in [3.8, 4) is 5.75 Å². The fourth-order valence-electron chi connectivity index (χ4n) is 2.61. The second-order valence-electron chi connectivity index (χ2n) is 7.53. The summed E-state index contributed by atoms with van der Waals surface area (Å²) in [5, 5.41) is 26.1. The zero-order chi connectivity index (χ0) is 23.7. The molecule has 0 aromatic heterocycles. The van der Waals surface area contributed by atoms with Gasteiger partial charge in [0, 0.05) is 12.2 Å². The Morgan fingerprint density at radius 3 is 1.90 bits per heavy atom. The lowest BCUT2D eigenvalue weighted by Gasteiger charge is -2.25. The molecule has 0 saturated carbocycles. The predicted octanol–water partition coefficient (Wildman–Crippen LogP) is -0.593. The molecular weight excluding hydrogens is 424 g/mol. The Labute approximate surface area is 186 Å². The summed E-state index contributed by atoms with van der Waals surface area (Å²) in [5.74, 6) is -3.52. The minimum atomic E-state index is -1.19. The molecule has 0 aliphatic carbocycles. The molecule has 1 rings (SSSR count). The van der Waals surface area contributed by atoms with Crippen LogP contribution in [-0.4, -0.2) is 63.8 Å². The summed E-state index contributed by atoms with van der Waals surface area (Å²) < 4.78 is 0. The number of carbonyl (C=O) groups excluding carboxylic acids is 3. The van der Waals surface area contributed by atoms with Gasteiger partial charge in [-0.1, -0.05) is 26.0 Å². The lowest BCUT2D eigenvalue weighted by Crippen LogP contribution is -2.58. The molecule has 3 amide bonds. The van der Waals surface area contributed by atoms with E-state index in [1.54, 1.807) is 26.0 Å². The zero-order valence-corrected chi connectivity index (χ0v) is 18.6. The van der Waals surface area contributed by atoms with E-state index in [4.69, 9.17) is 5.73 Å². The standard InChI is InChI=1S/C20H30N4O6S/c1-10(2)16(20(29)30)24-19(28)15(9-31)23-18(27)14(22-17(26)11(3)21)8-12-4-6-13(25)7-5-12/h4-7,10-11,14-16,25,31H,8-9,21H2,1-3H3,(H,22,26)(H,23,27)(H,24,28)(H,29,30). The molecule has 0 aliphatic rings. The molecule has 10 nitrogen and oxygen atoms in total. The Morgan fingerprint density at radius 1 is 0.935 bits per heavy atom. The van der Waals surface area contributed by atoms with Crippen LogP contribution in [0.25, 0.3) is 0 Å². The predicted molar refractivity (Wildman–Crippen MR) is 118 cm³/mol. The highest BCUT2D eigenvalue weighted by Crippen LogP contribution is 2.12. The number of phenolic OH excluding ortho intramolecular Hbond substituents is 1. The van der Waals surface area contributed by atoms with Crippen molar-refractivity contribution in [1.29, 1.82) is 0 Å².